The highest BCUT2D eigenvalue weighted by Crippen LogP contribution is 2.39. The fraction of sp³-hybridized carbons (Fsp3) is 1.00. The summed E-state index contributed by atoms with van der Waals surface area (Å²) in [6.07, 6.45) is 8.60. The highest BCUT2D eigenvalue weighted by atomic mass is 16.7. The molecule has 0 amide bonds. The third kappa shape index (κ3) is 2.73. The van der Waals surface area contributed by atoms with Gasteiger partial charge >= 0.3 is 0 Å². The van der Waals surface area contributed by atoms with Crippen LogP contribution in [0.1, 0.15) is 58.8 Å². The van der Waals surface area contributed by atoms with Gasteiger partial charge in [-0.25, -0.2) is 0 Å². The maximum atomic E-state index is 5.78. The third-order valence-electron chi connectivity index (χ3n) is 5.00. The Morgan fingerprint density at radius 1 is 0.889 bits per heavy atom. The molecular weight excluding hydrogens is 226 g/mol. The zero-order chi connectivity index (χ0) is 12.6. The van der Waals surface area contributed by atoms with Gasteiger partial charge in [-0.2, -0.15) is 0 Å². The van der Waals surface area contributed by atoms with Gasteiger partial charge in [0.25, 0.3) is 0 Å². The number of hydrogen-bond donors (Lipinski definition) is 1. The second kappa shape index (κ2) is 4.77. The van der Waals surface area contributed by atoms with Crippen LogP contribution in [0.15, 0.2) is 0 Å². The molecule has 1 unspecified atom stereocenters. The molecule has 104 valence electrons. The lowest BCUT2D eigenvalue weighted by Gasteiger charge is -2.36. The van der Waals surface area contributed by atoms with Crippen LogP contribution in [0, 0.1) is 5.41 Å². The van der Waals surface area contributed by atoms with Crippen molar-refractivity contribution in [2.45, 2.75) is 76.7 Å². The van der Waals surface area contributed by atoms with Gasteiger partial charge in [0.1, 0.15) is 0 Å². The van der Waals surface area contributed by atoms with Gasteiger partial charge in [-0.1, -0.05) is 13.8 Å². The van der Waals surface area contributed by atoms with Crippen molar-refractivity contribution in [3.05, 3.63) is 0 Å². The molecule has 1 heterocycles. The lowest BCUT2D eigenvalue weighted by atomic mass is 9.89. The van der Waals surface area contributed by atoms with Crippen LogP contribution >= 0.6 is 0 Å². The van der Waals surface area contributed by atoms with Crippen LogP contribution in [-0.4, -0.2) is 31.1 Å². The van der Waals surface area contributed by atoms with Crippen LogP contribution in [0.3, 0.4) is 0 Å². The maximum absolute atomic E-state index is 5.78. The van der Waals surface area contributed by atoms with Gasteiger partial charge in [0.15, 0.2) is 5.79 Å². The summed E-state index contributed by atoms with van der Waals surface area (Å²) in [6.45, 7) is 6.36. The molecule has 0 radical (unpaired) electrons. The van der Waals surface area contributed by atoms with Crippen molar-refractivity contribution in [2.75, 3.05) is 13.2 Å². The first kappa shape index (κ1) is 12.9. The Kier molecular flexibility index (Phi) is 3.41. The minimum atomic E-state index is -0.201. The molecule has 3 nitrogen and oxygen atoms in total. The molecule has 3 heteroatoms. The molecule has 0 bridgehead atoms. The highest BCUT2D eigenvalue weighted by molar-refractivity contribution is 4.91. The summed E-state index contributed by atoms with van der Waals surface area (Å²) in [5.74, 6) is -0.201. The van der Waals surface area contributed by atoms with Gasteiger partial charge in [0.2, 0.25) is 0 Å². The van der Waals surface area contributed by atoms with Gasteiger partial charge in [0, 0.05) is 24.9 Å². The van der Waals surface area contributed by atoms with Crippen LogP contribution in [0.2, 0.25) is 0 Å². The molecule has 3 fully saturated rings. The van der Waals surface area contributed by atoms with E-state index in [1.807, 2.05) is 0 Å². The third-order valence-corrected chi connectivity index (χ3v) is 5.00. The van der Waals surface area contributed by atoms with Gasteiger partial charge in [0.05, 0.1) is 13.2 Å². The van der Waals surface area contributed by atoms with Crippen LogP contribution in [0.5, 0.6) is 0 Å². The lowest BCUT2D eigenvalue weighted by molar-refractivity contribution is -0.179. The van der Waals surface area contributed by atoms with Crippen molar-refractivity contribution in [1.29, 1.82) is 0 Å². The van der Waals surface area contributed by atoms with Crippen LogP contribution in [0.25, 0.3) is 0 Å². The van der Waals surface area contributed by atoms with Gasteiger partial charge in [-0.15, -0.1) is 0 Å². The maximum Gasteiger partial charge on any atom is 0.168 e. The Morgan fingerprint density at radius 3 is 2.06 bits per heavy atom. The summed E-state index contributed by atoms with van der Waals surface area (Å²) < 4.78 is 11.6. The Balaban J connectivity index is 1.46. The molecule has 18 heavy (non-hydrogen) atoms. The summed E-state index contributed by atoms with van der Waals surface area (Å²) in [4.78, 5) is 0. The Bertz CT molecular complexity index is 287. The molecule has 1 atom stereocenters. The van der Waals surface area contributed by atoms with Crippen LogP contribution in [0.4, 0.5) is 0 Å². The Morgan fingerprint density at radius 2 is 1.50 bits per heavy atom. The van der Waals surface area contributed by atoms with E-state index in [2.05, 4.69) is 19.2 Å². The number of nitrogens with one attached hydrogen (secondary N) is 1. The molecule has 1 aliphatic heterocycles. The molecule has 2 saturated carbocycles. The highest BCUT2D eigenvalue weighted by Gasteiger charge is 2.41. The average Bonchev–Trinajstić information content (AvgIpc) is 2.90. The molecule has 2 aliphatic carbocycles. The van der Waals surface area contributed by atoms with E-state index in [0.29, 0.717) is 11.5 Å². The first-order valence-electron chi connectivity index (χ1n) is 7.61. The minimum absolute atomic E-state index is 0.201. The summed E-state index contributed by atoms with van der Waals surface area (Å²) in [7, 11) is 0. The largest absolute Gasteiger partial charge is 0.348 e. The van der Waals surface area contributed by atoms with Gasteiger partial charge in [-0.3, -0.25) is 0 Å². The first-order valence-corrected chi connectivity index (χ1v) is 7.61. The van der Waals surface area contributed by atoms with E-state index in [0.717, 1.165) is 32.1 Å². The first-order chi connectivity index (χ1) is 8.57. The monoisotopic (exact) mass is 253 g/mol. The molecule has 1 spiro atoms. The van der Waals surface area contributed by atoms with Crippen molar-refractivity contribution in [3.63, 3.8) is 0 Å². The van der Waals surface area contributed by atoms with Crippen LogP contribution in [-0.2, 0) is 9.47 Å². The molecule has 3 rings (SSSR count). The summed E-state index contributed by atoms with van der Waals surface area (Å²) in [5.41, 5.74) is 0.547. The smallest absolute Gasteiger partial charge is 0.168 e. The molecular formula is C15H27NO2. The zero-order valence-corrected chi connectivity index (χ0v) is 11.8. The van der Waals surface area contributed by atoms with E-state index in [9.17, 15) is 0 Å². The fourth-order valence-corrected chi connectivity index (χ4v) is 3.92. The normalized spacial score (nSPS) is 35.3. The standard InChI is InChI=1S/C15H27NO2/c1-14(2)6-3-13(11-14)16-12-4-7-15(8-5-12)17-9-10-18-15/h12-13,16H,3-11H2,1-2H3. The number of rotatable bonds is 2. The van der Waals surface area contributed by atoms with E-state index >= 15 is 0 Å². The fourth-order valence-electron chi connectivity index (χ4n) is 3.92. The lowest BCUT2D eigenvalue weighted by Crippen LogP contribution is -2.45. The molecule has 0 aromatic heterocycles. The average molecular weight is 253 g/mol. The van der Waals surface area contributed by atoms with Crippen molar-refractivity contribution in [3.8, 4) is 0 Å². The predicted molar refractivity (Wildman–Crippen MR) is 71.4 cm³/mol. The molecule has 0 aromatic rings. The van der Waals surface area contributed by atoms with Crippen molar-refractivity contribution in [1.82, 2.24) is 5.32 Å². The van der Waals surface area contributed by atoms with Gasteiger partial charge in [-0.05, 0) is 37.5 Å². The van der Waals surface area contributed by atoms with Crippen LogP contribution < -0.4 is 5.32 Å². The summed E-state index contributed by atoms with van der Waals surface area (Å²) in [5, 5.41) is 3.87. The van der Waals surface area contributed by atoms with Crippen molar-refractivity contribution < 1.29 is 9.47 Å². The van der Waals surface area contributed by atoms with Crippen molar-refractivity contribution >= 4 is 0 Å². The molecule has 3 aliphatic rings. The molecule has 0 aromatic carbocycles. The number of hydrogen-bond acceptors (Lipinski definition) is 3. The predicted octanol–water partition coefficient (Wildman–Crippen LogP) is 2.84. The molecule has 1 saturated heterocycles. The topological polar surface area (TPSA) is 30.5 Å². The van der Waals surface area contributed by atoms with E-state index in [1.54, 1.807) is 0 Å². The second-order valence-electron chi connectivity index (χ2n) is 7.15. The van der Waals surface area contributed by atoms with E-state index in [-0.39, 0.29) is 5.79 Å². The summed E-state index contributed by atoms with van der Waals surface area (Å²) >= 11 is 0. The minimum Gasteiger partial charge on any atom is -0.348 e. The van der Waals surface area contributed by atoms with Gasteiger partial charge < -0.3 is 14.8 Å². The zero-order valence-electron chi connectivity index (χ0n) is 11.8. The van der Waals surface area contributed by atoms with E-state index in [1.165, 1.54) is 32.1 Å². The van der Waals surface area contributed by atoms with Crippen molar-refractivity contribution in [2.24, 2.45) is 5.41 Å². The quantitative estimate of drug-likeness (QED) is 0.821. The molecule has 1 N–H and O–H groups in total. The Hall–Kier alpha value is -0.120. The second-order valence-corrected chi connectivity index (χ2v) is 7.15. The Labute approximate surface area is 111 Å². The number of ether oxygens (including phenoxy) is 2. The summed E-state index contributed by atoms with van der Waals surface area (Å²) in [6, 6.07) is 1.42. The van der Waals surface area contributed by atoms with E-state index in [4.69, 9.17) is 9.47 Å². The van der Waals surface area contributed by atoms with E-state index < -0.39 is 0 Å². The SMILES string of the molecule is CC1(C)CCC(NC2CCC3(CC2)OCCO3)C1.